The van der Waals surface area contributed by atoms with Crippen molar-refractivity contribution < 1.29 is 9.63 Å². The molecule has 0 heterocycles. The molecule has 0 aliphatic rings. The molecule has 0 spiro atoms. The summed E-state index contributed by atoms with van der Waals surface area (Å²) in [6.07, 6.45) is 0.244. The van der Waals surface area contributed by atoms with Gasteiger partial charge < -0.3 is 5.73 Å². The van der Waals surface area contributed by atoms with E-state index >= 15 is 0 Å². The van der Waals surface area contributed by atoms with Gasteiger partial charge in [-0.3, -0.25) is 9.63 Å². The van der Waals surface area contributed by atoms with Gasteiger partial charge in [0.05, 0.1) is 7.11 Å². The fourth-order valence-electron chi connectivity index (χ4n) is 1.24. The van der Waals surface area contributed by atoms with E-state index in [0.717, 1.165) is 5.56 Å². The van der Waals surface area contributed by atoms with Crippen LogP contribution in [0.5, 0.6) is 0 Å². The van der Waals surface area contributed by atoms with E-state index in [1.165, 1.54) is 12.2 Å². The first-order valence-electron chi connectivity index (χ1n) is 4.76. The molecule has 0 saturated carbocycles. The van der Waals surface area contributed by atoms with Crippen LogP contribution in [0.4, 0.5) is 0 Å². The number of carbonyl (C=O) groups excluding carboxylic acids is 1. The van der Waals surface area contributed by atoms with E-state index < -0.39 is 0 Å². The summed E-state index contributed by atoms with van der Waals surface area (Å²) in [4.78, 5) is 16.3. The average Bonchev–Trinajstić information content (AvgIpc) is 2.29. The zero-order valence-corrected chi connectivity index (χ0v) is 9.01. The molecule has 0 fully saturated rings. The van der Waals surface area contributed by atoms with Crippen molar-refractivity contribution in [3.05, 3.63) is 35.9 Å². The molecule has 2 N–H and O–H groups in total. The molecule has 4 heteroatoms. The molecule has 0 saturated heterocycles. The van der Waals surface area contributed by atoms with E-state index in [1.807, 2.05) is 30.3 Å². The molecule has 4 nitrogen and oxygen atoms in total. The third-order valence-corrected chi connectivity index (χ3v) is 2.25. The van der Waals surface area contributed by atoms with Crippen LogP contribution in [0.15, 0.2) is 30.3 Å². The summed E-state index contributed by atoms with van der Waals surface area (Å²) >= 11 is 0. The number of hydroxylamine groups is 2. The van der Waals surface area contributed by atoms with Gasteiger partial charge in [0.2, 0.25) is 5.91 Å². The van der Waals surface area contributed by atoms with Gasteiger partial charge in [-0.2, -0.15) is 0 Å². The molecular weight excluding hydrogens is 192 g/mol. The Morgan fingerprint density at radius 2 is 2.07 bits per heavy atom. The van der Waals surface area contributed by atoms with Crippen LogP contribution in [0.25, 0.3) is 0 Å². The van der Waals surface area contributed by atoms with Crippen LogP contribution in [-0.2, 0) is 9.63 Å². The van der Waals surface area contributed by atoms with Gasteiger partial charge in [0.25, 0.3) is 0 Å². The van der Waals surface area contributed by atoms with E-state index in [4.69, 9.17) is 10.6 Å². The summed E-state index contributed by atoms with van der Waals surface area (Å²) in [6, 6.07) is 9.25. The van der Waals surface area contributed by atoms with Gasteiger partial charge in [-0.1, -0.05) is 30.3 Å². The zero-order valence-electron chi connectivity index (χ0n) is 9.01. The molecule has 0 radical (unpaired) electrons. The van der Waals surface area contributed by atoms with Crippen LogP contribution in [-0.4, -0.2) is 25.1 Å². The van der Waals surface area contributed by atoms with Gasteiger partial charge in [0, 0.05) is 19.5 Å². The van der Waals surface area contributed by atoms with Crippen LogP contribution in [0, 0.1) is 0 Å². The second-order valence-electron chi connectivity index (χ2n) is 3.30. The smallest absolute Gasteiger partial charge is 0.247 e. The Morgan fingerprint density at radius 3 is 2.60 bits per heavy atom. The first-order chi connectivity index (χ1) is 7.15. The average molecular weight is 208 g/mol. The van der Waals surface area contributed by atoms with E-state index in [9.17, 15) is 4.79 Å². The third kappa shape index (κ3) is 3.34. The van der Waals surface area contributed by atoms with Crippen LogP contribution in [0.1, 0.15) is 18.0 Å². The summed E-state index contributed by atoms with van der Waals surface area (Å²) in [5.41, 5.74) is 6.84. The van der Waals surface area contributed by atoms with Gasteiger partial charge in [-0.15, -0.1) is 0 Å². The Balaban J connectivity index is 2.56. The van der Waals surface area contributed by atoms with Crippen molar-refractivity contribution in [2.24, 2.45) is 5.73 Å². The lowest BCUT2D eigenvalue weighted by atomic mass is 10.0. The lowest BCUT2D eigenvalue weighted by Gasteiger charge is -2.17. The molecule has 0 bridgehead atoms. The van der Waals surface area contributed by atoms with Crippen molar-refractivity contribution in [3.63, 3.8) is 0 Å². The fourth-order valence-corrected chi connectivity index (χ4v) is 1.24. The van der Waals surface area contributed by atoms with E-state index in [0.29, 0.717) is 0 Å². The van der Waals surface area contributed by atoms with Crippen molar-refractivity contribution in [2.45, 2.75) is 12.5 Å². The number of rotatable bonds is 4. The second kappa shape index (κ2) is 5.48. The quantitative estimate of drug-likeness (QED) is 0.754. The van der Waals surface area contributed by atoms with E-state index in [1.54, 1.807) is 7.05 Å². The SMILES string of the molecule is CON(C)C(=O)C[C@@H](N)c1ccccc1. The summed E-state index contributed by atoms with van der Waals surface area (Å²) < 4.78 is 0. The van der Waals surface area contributed by atoms with E-state index in [2.05, 4.69) is 0 Å². The molecular formula is C11H16N2O2. The minimum absolute atomic E-state index is 0.131. The molecule has 1 aromatic rings. The maximum Gasteiger partial charge on any atom is 0.247 e. The van der Waals surface area contributed by atoms with Crippen LogP contribution in [0.2, 0.25) is 0 Å². The highest BCUT2D eigenvalue weighted by Crippen LogP contribution is 2.14. The van der Waals surface area contributed by atoms with Crippen molar-refractivity contribution in [2.75, 3.05) is 14.2 Å². The first kappa shape index (κ1) is 11.7. The fraction of sp³-hybridized carbons (Fsp3) is 0.364. The van der Waals surface area contributed by atoms with Crippen molar-refractivity contribution >= 4 is 5.91 Å². The Labute approximate surface area is 89.6 Å². The number of hydrogen-bond donors (Lipinski definition) is 1. The maximum atomic E-state index is 11.5. The molecule has 0 aliphatic heterocycles. The normalized spacial score (nSPS) is 12.2. The summed E-state index contributed by atoms with van der Waals surface area (Å²) in [5.74, 6) is -0.131. The molecule has 1 atom stereocenters. The van der Waals surface area contributed by atoms with Gasteiger partial charge in [-0.05, 0) is 5.56 Å². The number of benzene rings is 1. The van der Waals surface area contributed by atoms with Crippen LogP contribution >= 0.6 is 0 Å². The van der Waals surface area contributed by atoms with Gasteiger partial charge in [-0.25, -0.2) is 5.06 Å². The molecule has 0 aliphatic carbocycles. The lowest BCUT2D eigenvalue weighted by Crippen LogP contribution is -2.28. The lowest BCUT2D eigenvalue weighted by molar-refractivity contribution is -0.169. The monoisotopic (exact) mass is 208 g/mol. The predicted octanol–water partition coefficient (Wildman–Crippen LogP) is 1.10. The molecule has 15 heavy (non-hydrogen) atoms. The van der Waals surface area contributed by atoms with Gasteiger partial charge in [0.15, 0.2) is 0 Å². The Morgan fingerprint density at radius 1 is 1.47 bits per heavy atom. The van der Waals surface area contributed by atoms with Crippen molar-refractivity contribution in [1.29, 1.82) is 0 Å². The van der Waals surface area contributed by atoms with Crippen LogP contribution in [0.3, 0.4) is 0 Å². The number of nitrogens with zero attached hydrogens (tertiary/aromatic N) is 1. The highest BCUT2D eigenvalue weighted by molar-refractivity contribution is 5.75. The molecule has 0 unspecified atom stereocenters. The first-order valence-corrected chi connectivity index (χ1v) is 4.76. The Hall–Kier alpha value is -1.39. The predicted molar refractivity (Wildman–Crippen MR) is 57.8 cm³/mol. The summed E-state index contributed by atoms with van der Waals surface area (Å²) in [7, 11) is 3.02. The summed E-state index contributed by atoms with van der Waals surface area (Å²) in [5, 5.41) is 1.18. The number of hydrogen-bond acceptors (Lipinski definition) is 3. The summed E-state index contributed by atoms with van der Waals surface area (Å²) in [6.45, 7) is 0. The highest BCUT2D eigenvalue weighted by atomic mass is 16.7. The number of carbonyl (C=O) groups is 1. The molecule has 1 aromatic carbocycles. The highest BCUT2D eigenvalue weighted by Gasteiger charge is 2.14. The molecule has 1 amide bonds. The largest absolute Gasteiger partial charge is 0.324 e. The molecule has 0 aromatic heterocycles. The van der Waals surface area contributed by atoms with E-state index in [-0.39, 0.29) is 18.4 Å². The minimum Gasteiger partial charge on any atom is -0.324 e. The minimum atomic E-state index is -0.281. The van der Waals surface area contributed by atoms with Crippen LogP contribution < -0.4 is 5.73 Å². The second-order valence-corrected chi connectivity index (χ2v) is 3.30. The van der Waals surface area contributed by atoms with Gasteiger partial charge >= 0.3 is 0 Å². The Kier molecular flexibility index (Phi) is 4.27. The zero-order chi connectivity index (χ0) is 11.3. The Bertz CT molecular complexity index is 314. The third-order valence-electron chi connectivity index (χ3n) is 2.25. The molecule has 82 valence electrons. The molecule has 1 rings (SSSR count). The van der Waals surface area contributed by atoms with Crippen molar-refractivity contribution in [1.82, 2.24) is 5.06 Å². The number of amides is 1. The maximum absolute atomic E-state index is 11.5. The van der Waals surface area contributed by atoms with Crippen molar-refractivity contribution in [3.8, 4) is 0 Å². The topological polar surface area (TPSA) is 55.6 Å². The number of nitrogens with two attached hydrogens (primary N) is 1. The standard InChI is InChI=1S/C11H16N2O2/c1-13(15-2)11(14)8-10(12)9-6-4-3-5-7-9/h3-7,10H,8,12H2,1-2H3/t10-/m1/s1. The van der Waals surface area contributed by atoms with Gasteiger partial charge in [0.1, 0.15) is 0 Å².